The van der Waals surface area contributed by atoms with E-state index in [9.17, 15) is 9.59 Å². The number of ether oxygens (including phenoxy) is 1. The third-order valence-electron chi connectivity index (χ3n) is 5.93. The Morgan fingerprint density at radius 2 is 1.68 bits per heavy atom. The smallest absolute Gasteiger partial charge is 0.228 e. The number of amides is 2. The van der Waals surface area contributed by atoms with Crippen molar-refractivity contribution in [3.8, 4) is 5.75 Å². The van der Waals surface area contributed by atoms with Gasteiger partial charge in [0.1, 0.15) is 5.75 Å². The lowest BCUT2D eigenvalue weighted by atomic mass is 10.1. The zero-order valence-corrected chi connectivity index (χ0v) is 18.4. The molecule has 2 saturated heterocycles. The van der Waals surface area contributed by atoms with Gasteiger partial charge < -0.3 is 14.5 Å². The molecular weight excluding hydrogens is 390 g/mol. The summed E-state index contributed by atoms with van der Waals surface area (Å²) < 4.78 is 5.68. The third-order valence-corrected chi connectivity index (χ3v) is 5.93. The Balaban J connectivity index is 1.30. The summed E-state index contributed by atoms with van der Waals surface area (Å²) in [4.78, 5) is 31.7. The molecule has 2 aliphatic rings. The van der Waals surface area contributed by atoms with E-state index in [2.05, 4.69) is 29.2 Å². The van der Waals surface area contributed by atoms with Gasteiger partial charge in [-0.05, 0) is 43.7 Å². The second kappa shape index (κ2) is 9.52. The molecule has 0 N–H and O–H groups in total. The maximum Gasteiger partial charge on any atom is 0.228 e. The minimum absolute atomic E-state index is 0.0126. The van der Waals surface area contributed by atoms with Gasteiger partial charge in [-0.2, -0.15) is 0 Å². The fraction of sp³-hybridized carbons (Fsp3) is 0.440. The van der Waals surface area contributed by atoms with Crippen LogP contribution in [0.25, 0.3) is 0 Å². The highest BCUT2D eigenvalue weighted by molar-refractivity contribution is 6.00. The molecule has 2 amide bonds. The summed E-state index contributed by atoms with van der Waals surface area (Å²) in [5.74, 6) is 0.639. The molecule has 2 heterocycles. The van der Waals surface area contributed by atoms with Crippen LogP contribution in [0.4, 0.5) is 5.69 Å². The summed E-state index contributed by atoms with van der Waals surface area (Å²) in [6.45, 7) is 8.49. The van der Waals surface area contributed by atoms with E-state index in [0.717, 1.165) is 44.2 Å². The molecule has 0 bridgehead atoms. The van der Waals surface area contributed by atoms with Crippen LogP contribution in [0.2, 0.25) is 0 Å². The highest BCUT2D eigenvalue weighted by Crippen LogP contribution is 2.28. The van der Waals surface area contributed by atoms with E-state index in [1.807, 2.05) is 49.1 Å². The van der Waals surface area contributed by atoms with Crippen LogP contribution < -0.4 is 9.64 Å². The van der Waals surface area contributed by atoms with E-state index in [1.54, 1.807) is 4.90 Å². The molecule has 1 atom stereocenters. The van der Waals surface area contributed by atoms with Gasteiger partial charge in [0, 0.05) is 51.4 Å². The van der Waals surface area contributed by atoms with Crippen LogP contribution in [0.5, 0.6) is 5.75 Å². The summed E-state index contributed by atoms with van der Waals surface area (Å²) in [6.07, 6.45) is 0.391. The molecule has 164 valence electrons. The predicted molar refractivity (Wildman–Crippen MR) is 121 cm³/mol. The van der Waals surface area contributed by atoms with Gasteiger partial charge in [-0.25, -0.2) is 0 Å². The minimum Gasteiger partial charge on any atom is -0.491 e. The van der Waals surface area contributed by atoms with Gasteiger partial charge in [-0.1, -0.05) is 30.3 Å². The molecular formula is C25H31N3O3. The van der Waals surface area contributed by atoms with Gasteiger partial charge in [-0.15, -0.1) is 0 Å². The van der Waals surface area contributed by atoms with Crippen molar-refractivity contribution in [3.63, 3.8) is 0 Å². The van der Waals surface area contributed by atoms with Gasteiger partial charge in [-0.3, -0.25) is 14.5 Å². The van der Waals surface area contributed by atoms with Crippen LogP contribution in [0, 0.1) is 5.92 Å². The SMILES string of the molecule is CC(C)Oc1ccc(N2C[C@@H](C(=O)N3CCN(Cc4ccccc4)CC3)CC2=O)cc1. The number of hydrogen-bond acceptors (Lipinski definition) is 4. The Labute approximate surface area is 184 Å². The van der Waals surface area contributed by atoms with E-state index in [1.165, 1.54) is 5.56 Å². The number of anilines is 1. The van der Waals surface area contributed by atoms with Gasteiger partial charge in [0.05, 0.1) is 12.0 Å². The first-order valence-corrected chi connectivity index (χ1v) is 11.1. The van der Waals surface area contributed by atoms with Crippen molar-refractivity contribution < 1.29 is 14.3 Å². The molecule has 2 aliphatic heterocycles. The lowest BCUT2D eigenvalue weighted by Gasteiger charge is -2.36. The van der Waals surface area contributed by atoms with Crippen molar-refractivity contribution in [2.24, 2.45) is 5.92 Å². The van der Waals surface area contributed by atoms with Crippen LogP contribution in [0.15, 0.2) is 54.6 Å². The molecule has 2 aromatic rings. The Kier molecular flexibility index (Phi) is 6.56. The predicted octanol–water partition coefficient (Wildman–Crippen LogP) is 3.17. The van der Waals surface area contributed by atoms with Gasteiger partial charge in [0.2, 0.25) is 11.8 Å². The molecule has 2 fully saturated rings. The summed E-state index contributed by atoms with van der Waals surface area (Å²) in [5, 5.41) is 0. The van der Waals surface area contributed by atoms with Gasteiger partial charge in [0.15, 0.2) is 0 Å². The van der Waals surface area contributed by atoms with Crippen molar-refractivity contribution in [2.45, 2.75) is 32.9 Å². The van der Waals surface area contributed by atoms with Crippen LogP contribution in [-0.4, -0.2) is 60.4 Å². The molecule has 0 spiro atoms. The lowest BCUT2D eigenvalue weighted by Crippen LogP contribution is -2.50. The second-order valence-electron chi connectivity index (χ2n) is 8.65. The van der Waals surface area contributed by atoms with E-state index in [4.69, 9.17) is 4.74 Å². The summed E-state index contributed by atoms with van der Waals surface area (Å²) in [7, 11) is 0. The number of carbonyl (C=O) groups is 2. The van der Waals surface area contributed by atoms with E-state index >= 15 is 0 Å². The number of piperazine rings is 1. The monoisotopic (exact) mass is 421 g/mol. The standard InChI is InChI=1S/C25H31N3O3/c1-19(2)31-23-10-8-22(9-11-23)28-18-21(16-24(28)29)25(30)27-14-12-26(13-15-27)17-20-6-4-3-5-7-20/h3-11,19,21H,12-18H2,1-2H3/t21-/m0/s1. The zero-order chi connectivity index (χ0) is 21.8. The Morgan fingerprint density at radius 1 is 1.00 bits per heavy atom. The topological polar surface area (TPSA) is 53.1 Å². The van der Waals surface area contributed by atoms with Crippen LogP contribution >= 0.6 is 0 Å². The average molecular weight is 422 g/mol. The third kappa shape index (κ3) is 5.25. The Hall–Kier alpha value is -2.86. The molecule has 6 heteroatoms. The maximum atomic E-state index is 13.1. The Morgan fingerprint density at radius 3 is 2.32 bits per heavy atom. The number of hydrogen-bond donors (Lipinski definition) is 0. The largest absolute Gasteiger partial charge is 0.491 e. The van der Waals surface area contributed by atoms with E-state index in [-0.39, 0.29) is 30.3 Å². The van der Waals surface area contributed by atoms with Crippen molar-refractivity contribution in [1.29, 1.82) is 0 Å². The summed E-state index contributed by atoms with van der Waals surface area (Å²) in [6, 6.07) is 18.0. The average Bonchev–Trinajstić information content (AvgIpc) is 3.16. The number of rotatable bonds is 6. The van der Waals surface area contributed by atoms with Gasteiger partial charge >= 0.3 is 0 Å². The fourth-order valence-corrected chi connectivity index (χ4v) is 4.33. The molecule has 0 unspecified atom stereocenters. The molecule has 4 rings (SSSR count). The first-order chi connectivity index (χ1) is 15.0. The molecule has 2 aromatic carbocycles. The van der Waals surface area contributed by atoms with Crippen molar-refractivity contribution >= 4 is 17.5 Å². The van der Waals surface area contributed by atoms with Crippen molar-refractivity contribution in [2.75, 3.05) is 37.6 Å². The van der Waals surface area contributed by atoms with E-state index < -0.39 is 0 Å². The number of benzene rings is 2. The van der Waals surface area contributed by atoms with Gasteiger partial charge in [0.25, 0.3) is 0 Å². The van der Waals surface area contributed by atoms with Crippen molar-refractivity contribution in [1.82, 2.24) is 9.80 Å². The maximum absolute atomic E-state index is 13.1. The fourth-order valence-electron chi connectivity index (χ4n) is 4.33. The summed E-state index contributed by atoms with van der Waals surface area (Å²) >= 11 is 0. The number of carbonyl (C=O) groups excluding carboxylic acids is 2. The highest BCUT2D eigenvalue weighted by Gasteiger charge is 2.37. The first kappa shape index (κ1) is 21.4. The van der Waals surface area contributed by atoms with Crippen LogP contribution in [-0.2, 0) is 16.1 Å². The Bertz CT molecular complexity index is 890. The highest BCUT2D eigenvalue weighted by atomic mass is 16.5. The molecule has 6 nitrogen and oxygen atoms in total. The van der Waals surface area contributed by atoms with Crippen LogP contribution in [0.1, 0.15) is 25.8 Å². The molecule has 0 aliphatic carbocycles. The molecule has 0 saturated carbocycles. The molecule has 0 aromatic heterocycles. The van der Waals surface area contributed by atoms with E-state index in [0.29, 0.717) is 6.54 Å². The quantitative estimate of drug-likeness (QED) is 0.719. The lowest BCUT2D eigenvalue weighted by molar-refractivity contribution is -0.137. The van der Waals surface area contributed by atoms with Crippen LogP contribution in [0.3, 0.4) is 0 Å². The second-order valence-corrected chi connectivity index (χ2v) is 8.65. The van der Waals surface area contributed by atoms with Crippen molar-refractivity contribution in [3.05, 3.63) is 60.2 Å². The molecule has 0 radical (unpaired) electrons. The first-order valence-electron chi connectivity index (χ1n) is 11.1. The summed E-state index contributed by atoms with van der Waals surface area (Å²) in [5.41, 5.74) is 2.12. The molecule has 31 heavy (non-hydrogen) atoms. The normalized spacial score (nSPS) is 19.8. The zero-order valence-electron chi connectivity index (χ0n) is 18.4. The minimum atomic E-state index is -0.264. The number of nitrogens with zero attached hydrogens (tertiary/aromatic N) is 3.